The molecule has 0 amide bonds. The van der Waals surface area contributed by atoms with Gasteiger partial charge in [0.05, 0.1) is 12.1 Å². The van der Waals surface area contributed by atoms with Gasteiger partial charge in [-0.25, -0.2) is 4.98 Å². The molecule has 0 spiro atoms. The molecule has 2 N–H and O–H groups in total. The summed E-state index contributed by atoms with van der Waals surface area (Å²) in [6, 6.07) is 4.11. The van der Waals surface area contributed by atoms with Crippen molar-refractivity contribution >= 4 is 0 Å². The molecule has 6 heteroatoms. The van der Waals surface area contributed by atoms with E-state index in [-0.39, 0.29) is 5.60 Å². The van der Waals surface area contributed by atoms with Gasteiger partial charge < -0.3 is 10.1 Å². The second-order valence-electron chi connectivity index (χ2n) is 5.79. The maximum Gasteiger partial charge on any atom is 0.181 e. The van der Waals surface area contributed by atoms with Crippen molar-refractivity contribution in [2.75, 3.05) is 7.11 Å². The maximum absolute atomic E-state index is 5.44. The lowest BCUT2D eigenvalue weighted by molar-refractivity contribution is 0.00839. The van der Waals surface area contributed by atoms with Gasteiger partial charge in [0.25, 0.3) is 0 Å². The minimum Gasteiger partial charge on any atom is -0.379 e. The van der Waals surface area contributed by atoms with Gasteiger partial charge in [-0.15, -0.1) is 0 Å². The quantitative estimate of drug-likeness (QED) is 0.817. The molecule has 0 aliphatic rings. The Hall–Kier alpha value is -1.79. The molecule has 2 heterocycles. The van der Waals surface area contributed by atoms with E-state index in [2.05, 4.69) is 46.3 Å². The number of ether oxygens (including phenoxy) is 1. The summed E-state index contributed by atoms with van der Waals surface area (Å²) in [5.41, 5.74) is 0.830. The van der Waals surface area contributed by atoms with Crippen LogP contribution in [0.2, 0.25) is 0 Å². The predicted molar refractivity (Wildman–Crippen MR) is 81.6 cm³/mol. The van der Waals surface area contributed by atoms with E-state index in [1.54, 1.807) is 19.5 Å². The maximum atomic E-state index is 5.44. The number of pyridine rings is 1. The van der Waals surface area contributed by atoms with Crippen LogP contribution in [0, 0.1) is 0 Å². The normalized spacial score (nSPS) is 13.3. The van der Waals surface area contributed by atoms with Crippen molar-refractivity contribution < 1.29 is 4.74 Å². The zero-order valence-electron chi connectivity index (χ0n) is 13.1. The first-order valence-corrected chi connectivity index (χ1v) is 7.10. The lowest BCUT2D eigenvalue weighted by atomic mass is 10.00. The number of nitrogens with zero attached hydrogens (tertiary/aromatic N) is 3. The number of aromatic amines is 1. The molecule has 0 fully saturated rings. The molecule has 2 rings (SSSR count). The van der Waals surface area contributed by atoms with Crippen LogP contribution in [-0.4, -0.2) is 38.9 Å². The molecule has 6 nitrogen and oxygen atoms in total. The highest BCUT2D eigenvalue weighted by Crippen LogP contribution is 2.16. The van der Waals surface area contributed by atoms with Crippen molar-refractivity contribution in [1.29, 1.82) is 0 Å². The molecule has 0 radical (unpaired) electrons. The van der Waals surface area contributed by atoms with Crippen LogP contribution >= 0.6 is 0 Å². The lowest BCUT2D eigenvalue weighted by Gasteiger charge is -2.26. The number of rotatable bonds is 7. The molecule has 0 bridgehead atoms. The first-order chi connectivity index (χ1) is 10.00. The van der Waals surface area contributed by atoms with Gasteiger partial charge in [0.15, 0.2) is 5.82 Å². The highest BCUT2D eigenvalue weighted by molar-refractivity contribution is 5.52. The molecule has 1 atom stereocenters. The first kappa shape index (κ1) is 15.6. The van der Waals surface area contributed by atoms with Gasteiger partial charge in [0.1, 0.15) is 5.82 Å². The van der Waals surface area contributed by atoms with Crippen LogP contribution in [0.1, 0.15) is 33.0 Å². The van der Waals surface area contributed by atoms with Gasteiger partial charge in [-0.05, 0) is 39.3 Å². The van der Waals surface area contributed by atoms with E-state index in [1.807, 2.05) is 12.1 Å². The fourth-order valence-corrected chi connectivity index (χ4v) is 2.17. The highest BCUT2D eigenvalue weighted by Gasteiger charge is 2.20. The Morgan fingerprint density at radius 2 is 2.05 bits per heavy atom. The molecule has 21 heavy (non-hydrogen) atoms. The highest BCUT2D eigenvalue weighted by atomic mass is 16.5. The van der Waals surface area contributed by atoms with Crippen LogP contribution in [0.25, 0.3) is 11.4 Å². The zero-order valence-corrected chi connectivity index (χ0v) is 13.1. The van der Waals surface area contributed by atoms with E-state index >= 15 is 0 Å². The fraction of sp³-hybridized carbons (Fsp3) is 0.533. The molecule has 0 aliphatic carbocycles. The molecule has 0 unspecified atom stereocenters. The van der Waals surface area contributed by atoms with E-state index in [0.717, 1.165) is 17.8 Å². The molecule has 0 saturated carbocycles. The van der Waals surface area contributed by atoms with Gasteiger partial charge in [0.2, 0.25) is 0 Å². The largest absolute Gasteiger partial charge is 0.379 e. The Bertz CT molecular complexity index is 552. The Balaban J connectivity index is 1.89. The van der Waals surface area contributed by atoms with Crippen LogP contribution in [0.4, 0.5) is 0 Å². The summed E-state index contributed by atoms with van der Waals surface area (Å²) in [7, 11) is 1.74. The number of methoxy groups -OCH3 is 1. The molecule has 0 saturated heterocycles. The van der Waals surface area contributed by atoms with Crippen molar-refractivity contribution in [2.45, 2.75) is 45.4 Å². The molecule has 2 aromatic rings. The van der Waals surface area contributed by atoms with Crippen LogP contribution in [0.15, 0.2) is 24.5 Å². The standard InChI is InChI=1S/C15H23N5O/c1-11(9-15(2,3)21-4)17-10-13-18-14(20-19-13)12-5-7-16-8-6-12/h5-8,11,17H,9-10H2,1-4H3,(H,18,19,20)/t11-/m1/s1. The third-order valence-electron chi connectivity index (χ3n) is 3.44. The Labute approximate surface area is 125 Å². The smallest absolute Gasteiger partial charge is 0.181 e. The van der Waals surface area contributed by atoms with Crippen LogP contribution < -0.4 is 5.32 Å². The van der Waals surface area contributed by atoms with E-state index in [1.165, 1.54) is 0 Å². The van der Waals surface area contributed by atoms with Gasteiger partial charge in [-0.3, -0.25) is 10.1 Å². The molecule has 0 aromatic carbocycles. The molecular weight excluding hydrogens is 266 g/mol. The topological polar surface area (TPSA) is 75.7 Å². The molecular formula is C15H23N5O. The first-order valence-electron chi connectivity index (χ1n) is 7.10. The number of nitrogens with one attached hydrogen (secondary N) is 2. The van der Waals surface area contributed by atoms with Crippen molar-refractivity contribution in [1.82, 2.24) is 25.5 Å². The number of hydrogen-bond donors (Lipinski definition) is 2. The van der Waals surface area contributed by atoms with Crippen LogP contribution in [-0.2, 0) is 11.3 Å². The average Bonchev–Trinajstić information content (AvgIpc) is 2.95. The van der Waals surface area contributed by atoms with Gasteiger partial charge in [-0.1, -0.05) is 0 Å². The van der Waals surface area contributed by atoms with Crippen LogP contribution in [0.5, 0.6) is 0 Å². The number of aromatic nitrogens is 4. The Morgan fingerprint density at radius 1 is 1.33 bits per heavy atom. The SMILES string of the molecule is COC(C)(C)C[C@@H](C)NCc1nc(-c2ccncc2)n[nH]1. The number of hydrogen-bond acceptors (Lipinski definition) is 5. The minimum absolute atomic E-state index is 0.129. The van der Waals surface area contributed by atoms with E-state index in [9.17, 15) is 0 Å². The summed E-state index contributed by atoms with van der Waals surface area (Å²) in [5, 5.41) is 10.6. The summed E-state index contributed by atoms with van der Waals surface area (Å²) >= 11 is 0. The second kappa shape index (κ2) is 6.78. The average molecular weight is 289 g/mol. The molecule has 2 aromatic heterocycles. The zero-order chi connectivity index (χ0) is 15.3. The van der Waals surface area contributed by atoms with Crippen molar-refractivity contribution in [3.05, 3.63) is 30.4 Å². The lowest BCUT2D eigenvalue weighted by Crippen LogP contribution is -2.35. The third-order valence-corrected chi connectivity index (χ3v) is 3.44. The third kappa shape index (κ3) is 4.61. The fourth-order valence-electron chi connectivity index (χ4n) is 2.17. The van der Waals surface area contributed by atoms with Gasteiger partial charge >= 0.3 is 0 Å². The monoisotopic (exact) mass is 289 g/mol. The van der Waals surface area contributed by atoms with E-state index < -0.39 is 0 Å². The predicted octanol–water partition coefficient (Wildman–Crippen LogP) is 2.16. The van der Waals surface area contributed by atoms with Crippen molar-refractivity contribution in [3.63, 3.8) is 0 Å². The van der Waals surface area contributed by atoms with Gasteiger partial charge in [-0.2, -0.15) is 5.10 Å². The Morgan fingerprint density at radius 3 is 2.71 bits per heavy atom. The summed E-state index contributed by atoms with van der Waals surface area (Å²) in [4.78, 5) is 8.47. The number of H-pyrrole nitrogens is 1. The van der Waals surface area contributed by atoms with Crippen LogP contribution in [0.3, 0.4) is 0 Å². The van der Waals surface area contributed by atoms with Crippen molar-refractivity contribution in [2.24, 2.45) is 0 Å². The summed E-state index contributed by atoms with van der Waals surface area (Å²) in [6.45, 7) is 6.96. The summed E-state index contributed by atoms with van der Waals surface area (Å²) in [5.74, 6) is 1.52. The van der Waals surface area contributed by atoms with E-state index in [0.29, 0.717) is 18.4 Å². The Kier molecular flexibility index (Phi) is 5.03. The summed E-state index contributed by atoms with van der Waals surface area (Å²) in [6.07, 6.45) is 4.39. The van der Waals surface area contributed by atoms with Crippen molar-refractivity contribution in [3.8, 4) is 11.4 Å². The van der Waals surface area contributed by atoms with Gasteiger partial charge in [0, 0.05) is 31.1 Å². The summed E-state index contributed by atoms with van der Waals surface area (Å²) < 4.78 is 5.44. The minimum atomic E-state index is -0.129. The van der Waals surface area contributed by atoms with E-state index in [4.69, 9.17) is 4.74 Å². The molecule has 114 valence electrons. The molecule has 0 aliphatic heterocycles. The second-order valence-corrected chi connectivity index (χ2v) is 5.79.